The molecule has 0 aliphatic rings. The molecule has 0 radical (unpaired) electrons. The fourth-order valence-corrected chi connectivity index (χ4v) is 2.73. The molecule has 0 saturated carbocycles. The third kappa shape index (κ3) is 6.24. The van der Waals surface area contributed by atoms with E-state index in [4.69, 9.17) is 16.7 Å². The van der Waals surface area contributed by atoms with Crippen LogP contribution in [0.25, 0.3) is 0 Å². The average molecular weight is 266 g/mol. The van der Waals surface area contributed by atoms with Gasteiger partial charge < -0.3 is 5.11 Å². The van der Waals surface area contributed by atoms with Gasteiger partial charge in [-0.05, 0) is 6.42 Å². The Labute approximate surface area is 92.9 Å². The van der Waals surface area contributed by atoms with Crippen molar-refractivity contribution in [1.82, 2.24) is 4.31 Å². The van der Waals surface area contributed by atoms with Crippen LogP contribution in [-0.4, -0.2) is 55.6 Å². The lowest BCUT2D eigenvalue weighted by atomic mass is 10.6. The predicted octanol–water partition coefficient (Wildman–Crippen LogP) is 0.505. The SMILES string of the molecule is O=S(=O)(CCCCl)N(CCO)CC(F)F. The number of hydrogen-bond donors (Lipinski definition) is 1. The van der Waals surface area contributed by atoms with Gasteiger partial charge in [0.1, 0.15) is 0 Å². The molecule has 0 atom stereocenters. The van der Waals surface area contributed by atoms with Gasteiger partial charge in [-0.25, -0.2) is 17.2 Å². The third-order valence-electron chi connectivity index (χ3n) is 1.62. The van der Waals surface area contributed by atoms with Crippen molar-refractivity contribution in [2.75, 3.05) is 31.3 Å². The minimum absolute atomic E-state index is 0.154. The Morgan fingerprint density at radius 3 is 2.40 bits per heavy atom. The fraction of sp³-hybridized carbons (Fsp3) is 1.00. The average Bonchev–Trinajstić information content (AvgIpc) is 2.13. The van der Waals surface area contributed by atoms with E-state index in [-0.39, 0.29) is 24.6 Å². The summed E-state index contributed by atoms with van der Waals surface area (Å²) in [7, 11) is -3.73. The van der Waals surface area contributed by atoms with Crippen molar-refractivity contribution < 1.29 is 22.3 Å². The van der Waals surface area contributed by atoms with Crippen molar-refractivity contribution in [3.8, 4) is 0 Å². The summed E-state index contributed by atoms with van der Waals surface area (Å²) in [6, 6.07) is 0. The van der Waals surface area contributed by atoms with Gasteiger partial charge in [0.05, 0.1) is 18.9 Å². The highest BCUT2D eigenvalue weighted by Crippen LogP contribution is 2.07. The second-order valence-electron chi connectivity index (χ2n) is 2.83. The maximum Gasteiger partial charge on any atom is 0.252 e. The lowest BCUT2D eigenvalue weighted by Crippen LogP contribution is -2.38. The van der Waals surface area contributed by atoms with Crippen LogP contribution in [0, 0.1) is 0 Å². The van der Waals surface area contributed by atoms with Gasteiger partial charge in [-0.15, -0.1) is 11.6 Å². The molecule has 0 aromatic rings. The highest BCUT2D eigenvalue weighted by molar-refractivity contribution is 7.89. The van der Waals surface area contributed by atoms with Crippen molar-refractivity contribution in [1.29, 1.82) is 0 Å². The molecule has 4 nitrogen and oxygen atoms in total. The summed E-state index contributed by atoms with van der Waals surface area (Å²) in [5.41, 5.74) is 0. The fourth-order valence-electron chi connectivity index (χ4n) is 0.975. The Hall–Kier alpha value is 0.0200. The van der Waals surface area contributed by atoms with E-state index in [0.29, 0.717) is 4.31 Å². The van der Waals surface area contributed by atoms with E-state index in [9.17, 15) is 17.2 Å². The van der Waals surface area contributed by atoms with Crippen LogP contribution >= 0.6 is 11.6 Å². The molecule has 0 fully saturated rings. The van der Waals surface area contributed by atoms with Crippen LogP contribution < -0.4 is 0 Å². The van der Waals surface area contributed by atoms with Crippen molar-refractivity contribution in [2.24, 2.45) is 0 Å². The topological polar surface area (TPSA) is 57.6 Å². The monoisotopic (exact) mass is 265 g/mol. The van der Waals surface area contributed by atoms with E-state index in [0.717, 1.165) is 0 Å². The Kier molecular flexibility index (Phi) is 7.33. The Bertz CT molecular complexity index is 261. The molecule has 0 unspecified atom stereocenters. The lowest BCUT2D eigenvalue weighted by molar-refractivity contribution is 0.113. The molecule has 1 N–H and O–H groups in total. The minimum Gasteiger partial charge on any atom is -0.395 e. The number of hydrogen-bond acceptors (Lipinski definition) is 3. The van der Waals surface area contributed by atoms with E-state index in [1.807, 2.05) is 0 Å². The third-order valence-corrected chi connectivity index (χ3v) is 3.81. The van der Waals surface area contributed by atoms with Crippen LogP contribution in [-0.2, 0) is 10.0 Å². The summed E-state index contributed by atoms with van der Waals surface area (Å²) in [5, 5.41) is 8.56. The first-order valence-electron chi connectivity index (χ1n) is 4.37. The predicted molar refractivity (Wildman–Crippen MR) is 53.8 cm³/mol. The maximum absolute atomic E-state index is 12.0. The van der Waals surface area contributed by atoms with Gasteiger partial charge in [0, 0.05) is 12.4 Å². The zero-order valence-electron chi connectivity index (χ0n) is 8.07. The summed E-state index contributed by atoms with van der Waals surface area (Å²) >= 11 is 5.31. The van der Waals surface area contributed by atoms with Crippen LogP contribution in [0.4, 0.5) is 8.78 Å². The van der Waals surface area contributed by atoms with Gasteiger partial charge >= 0.3 is 0 Å². The lowest BCUT2D eigenvalue weighted by Gasteiger charge is -2.20. The number of alkyl halides is 3. The molecule has 0 bridgehead atoms. The second kappa shape index (κ2) is 7.32. The second-order valence-corrected chi connectivity index (χ2v) is 5.30. The van der Waals surface area contributed by atoms with E-state index < -0.39 is 29.6 Å². The molecule has 0 rings (SSSR count). The molecule has 0 aromatic carbocycles. The molecule has 0 amide bonds. The molecule has 8 heteroatoms. The summed E-state index contributed by atoms with van der Waals surface area (Å²) in [4.78, 5) is 0. The van der Waals surface area contributed by atoms with Crippen molar-refractivity contribution in [2.45, 2.75) is 12.8 Å². The number of aliphatic hydroxyl groups is 1. The Balaban J connectivity index is 4.44. The van der Waals surface area contributed by atoms with Crippen LogP contribution in [0.2, 0.25) is 0 Å². The summed E-state index contributed by atoms with van der Waals surface area (Å²) in [6.45, 7) is -1.67. The van der Waals surface area contributed by atoms with E-state index in [1.54, 1.807) is 0 Å². The van der Waals surface area contributed by atoms with Gasteiger partial charge in [0.2, 0.25) is 10.0 Å². The molecular weight excluding hydrogens is 252 g/mol. The molecule has 92 valence electrons. The number of sulfonamides is 1. The van der Waals surface area contributed by atoms with Crippen LogP contribution in [0.1, 0.15) is 6.42 Å². The van der Waals surface area contributed by atoms with Crippen LogP contribution in [0.5, 0.6) is 0 Å². The summed E-state index contributed by atoms with van der Waals surface area (Å²) in [6.07, 6.45) is -2.54. The molecule has 0 aromatic heterocycles. The number of aliphatic hydroxyl groups excluding tert-OH is 1. The molecule has 0 aliphatic heterocycles. The summed E-state index contributed by atoms with van der Waals surface area (Å²) < 4.78 is 47.6. The summed E-state index contributed by atoms with van der Waals surface area (Å²) in [5.74, 6) is -0.121. The molecule has 0 spiro atoms. The quantitative estimate of drug-likeness (QED) is 0.651. The highest BCUT2D eigenvalue weighted by atomic mass is 35.5. The largest absolute Gasteiger partial charge is 0.395 e. The zero-order valence-corrected chi connectivity index (χ0v) is 9.65. The molecule has 0 heterocycles. The van der Waals surface area contributed by atoms with Crippen molar-refractivity contribution in [3.05, 3.63) is 0 Å². The first kappa shape index (κ1) is 15.0. The van der Waals surface area contributed by atoms with Crippen LogP contribution in [0.3, 0.4) is 0 Å². The van der Waals surface area contributed by atoms with Gasteiger partial charge in [0.15, 0.2) is 0 Å². The number of rotatable bonds is 8. The Morgan fingerprint density at radius 1 is 1.40 bits per heavy atom. The first-order chi connectivity index (χ1) is 6.94. The zero-order chi connectivity index (χ0) is 11.9. The van der Waals surface area contributed by atoms with Crippen molar-refractivity contribution >= 4 is 21.6 Å². The maximum atomic E-state index is 12.0. The van der Waals surface area contributed by atoms with Crippen molar-refractivity contribution in [3.63, 3.8) is 0 Å². The van der Waals surface area contributed by atoms with Gasteiger partial charge in [-0.1, -0.05) is 0 Å². The molecule has 0 saturated heterocycles. The highest BCUT2D eigenvalue weighted by Gasteiger charge is 2.24. The molecular formula is C7H14ClF2NO3S. The number of nitrogens with zero attached hydrogens (tertiary/aromatic N) is 1. The van der Waals surface area contributed by atoms with Gasteiger partial charge in [-0.3, -0.25) is 0 Å². The smallest absolute Gasteiger partial charge is 0.252 e. The number of halogens is 3. The van der Waals surface area contributed by atoms with E-state index in [1.165, 1.54) is 0 Å². The Morgan fingerprint density at radius 2 is 2.00 bits per heavy atom. The van der Waals surface area contributed by atoms with Crippen LogP contribution in [0.15, 0.2) is 0 Å². The van der Waals surface area contributed by atoms with Gasteiger partial charge in [0.25, 0.3) is 6.43 Å². The van der Waals surface area contributed by atoms with E-state index >= 15 is 0 Å². The normalized spacial score (nSPS) is 12.7. The first-order valence-corrected chi connectivity index (χ1v) is 6.51. The minimum atomic E-state index is -3.73. The molecule has 15 heavy (non-hydrogen) atoms. The standard InChI is InChI=1S/C7H14ClF2NO3S/c8-2-1-5-15(13,14)11(3-4-12)6-7(9)10/h7,12H,1-6H2. The van der Waals surface area contributed by atoms with Gasteiger partial charge in [-0.2, -0.15) is 4.31 Å². The van der Waals surface area contributed by atoms with E-state index in [2.05, 4.69) is 0 Å². The molecule has 0 aliphatic carbocycles.